The minimum absolute atomic E-state index is 0.0279. The number of amides is 1. The number of halogens is 1. The molecule has 1 heterocycles. The van der Waals surface area contributed by atoms with Crippen LogP contribution in [-0.4, -0.2) is 37.3 Å². The summed E-state index contributed by atoms with van der Waals surface area (Å²) in [5.74, 6) is -0.00100. The van der Waals surface area contributed by atoms with E-state index in [0.29, 0.717) is 25.3 Å². The third kappa shape index (κ3) is 4.03. The van der Waals surface area contributed by atoms with Crippen LogP contribution < -0.4 is 5.32 Å². The number of carbonyl (C=O) groups excluding carboxylic acids is 1. The van der Waals surface area contributed by atoms with Gasteiger partial charge < -0.3 is 5.32 Å². The van der Waals surface area contributed by atoms with Crippen molar-refractivity contribution in [1.82, 2.24) is 9.62 Å². The van der Waals surface area contributed by atoms with Crippen molar-refractivity contribution in [2.24, 2.45) is 5.92 Å². The lowest BCUT2D eigenvalue weighted by Crippen LogP contribution is -2.49. The van der Waals surface area contributed by atoms with Crippen molar-refractivity contribution < 1.29 is 17.6 Å². The van der Waals surface area contributed by atoms with Gasteiger partial charge in [-0.25, -0.2) is 12.8 Å². The monoisotopic (exact) mass is 368 g/mol. The maximum atomic E-state index is 13.1. The van der Waals surface area contributed by atoms with Crippen molar-refractivity contribution in [1.29, 1.82) is 0 Å². The van der Waals surface area contributed by atoms with Crippen molar-refractivity contribution >= 4 is 15.9 Å². The van der Waals surface area contributed by atoms with Gasteiger partial charge in [0.25, 0.3) is 0 Å². The summed E-state index contributed by atoms with van der Waals surface area (Å²) in [4.78, 5) is 12.7. The van der Waals surface area contributed by atoms with Gasteiger partial charge in [-0.05, 0) is 68.7 Å². The maximum Gasteiger partial charge on any atom is 0.243 e. The predicted octanol–water partition coefficient (Wildman–Crippen LogP) is 2.67. The summed E-state index contributed by atoms with van der Waals surface area (Å²) in [6.07, 6.45) is 5.25. The lowest BCUT2D eigenvalue weighted by Gasteiger charge is -2.29. The van der Waals surface area contributed by atoms with E-state index in [0.717, 1.165) is 37.8 Å². The van der Waals surface area contributed by atoms with Gasteiger partial charge in [-0.1, -0.05) is 6.92 Å². The molecule has 1 N–H and O–H groups in total. The van der Waals surface area contributed by atoms with Gasteiger partial charge in [-0.15, -0.1) is 0 Å². The number of benzene rings is 1. The van der Waals surface area contributed by atoms with Gasteiger partial charge in [0.05, 0.1) is 4.90 Å². The molecule has 0 radical (unpaired) electrons. The minimum atomic E-state index is -3.79. The predicted molar refractivity (Wildman–Crippen MR) is 92.9 cm³/mol. The number of carbonyl (C=O) groups is 1. The molecule has 1 saturated heterocycles. The Kier molecular flexibility index (Phi) is 5.43. The van der Waals surface area contributed by atoms with Gasteiger partial charge in [0.2, 0.25) is 15.9 Å². The largest absolute Gasteiger partial charge is 0.352 e. The molecule has 2 fully saturated rings. The fourth-order valence-electron chi connectivity index (χ4n) is 3.73. The first-order valence-corrected chi connectivity index (χ1v) is 10.4. The van der Waals surface area contributed by atoms with Crippen LogP contribution in [0.3, 0.4) is 0 Å². The molecule has 138 valence electrons. The summed E-state index contributed by atoms with van der Waals surface area (Å²) >= 11 is 0. The second-order valence-electron chi connectivity index (χ2n) is 7.19. The molecule has 0 aromatic heterocycles. The zero-order valence-electron chi connectivity index (χ0n) is 14.4. The van der Waals surface area contributed by atoms with Crippen molar-refractivity contribution in [3.8, 4) is 0 Å². The lowest BCUT2D eigenvalue weighted by atomic mass is 9.87. The van der Waals surface area contributed by atoms with E-state index in [9.17, 15) is 17.6 Å². The van der Waals surface area contributed by atoms with E-state index >= 15 is 0 Å². The summed E-state index contributed by atoms with van der Waals surface area (Å²) in [5.41, 5.74) is 0. The van der Waals surface area contributed by atoms with Crippen molar-refractivity contribution in [2.75, 3.05) is 6.54 Å². The average Bonchev–Trinajstić information content (AvgIpc) is 3.08. The van der Waals surface area contributed by atoms with E-state index in [1.54, 1.807) is 0 Å². The van der Waals surface area contributed by atoms with Gasteiger partial charge in [-0.2, -0.15) is 4.31 Å². The Morgan fingerprint density at radius 3 is 2.40 bits per heavy atom. The zero-order chi connectivity index (χ0) is 18.0. The smallest absolute Gasteiger partial charge is 0.243 e. The topological polar surface area (TPSA) is 66.5 Å². The number of sulfonamides is 1. The van der Waals surface area contributed by atoms with Crippen LogP contribution in [-0.2, 0) is 14.8 Å². The third-order valence-corrected chi connectivity index (χ3v) is 7.21. The highest BCUT2D eigenvalue weighted by atomic mass is 32.2. The average molecular weight is 368 g/mol. The van der Waals surface area contributed by atoms with Crippen LogP contribution in [0.25, 0.3) is 0 Å². The Labute approximate surface area is 148 Å². The molecule has 0 bridgehead atoms. The second-order valence-corrected chi connectivity index (χ2v) is 9.08. The van der Waals surface area contributed by atoms with Crippen molar-refractivity contribution in [3.05, 3.63) is 30.1 Å². The molecule has 3 rings (SSSR count). The van der Waals surface area contributed by atoms with Crippen LogP contribution in [0.2, 0.25) is 0 Å². The Morgan fingerprint density at radius 2 is 1.76 bits per heavy atom. The fourth-order valence-corrected chi connectivity index (χ4v) is 5.39. The highest BCUT2D eigenvalue weighted by Gasteiger charge is 2.40. The Morgan fingerprint density at radius 1 is 1.12 bits per heavy atom. The van der Waals surface area contributed by atoms with Crippen molar-refractivity contribution in [3.63, 3.8) is 0 Å². The first kappa shape index (κ1) is 18.3. The van der Waals surface area contributed by atoms with E-state index in [1.165, 1.54) is 16.4 Å². The van der Waals surface area contributed by atoms with Gasteiger partial charge in [0, 0.05) is 12.6 Å². The van der Waals surface area contributed by atoms with Crippen LogP contribution in [0, 0.1) is 11.7 Å². The summed E-state index contributed by atoms with van der Waals surface area (Å²) in [6, 6.07) is 4.22. The minimum Gasteiger partial charge on any atom is -0.352 e. The Bertz CT molecular complexity index is 712. The summed E-state index contributed by atoms with van der Waals surface area (Å²) in [6.45, 7) is 2.53. The summed E-state index contributed by atoms with van der Waals surface area (Å²) in [5, 5.41) is 3.04. The number of rotatable bonds is 4. The molecular weight excluding hydrogens is 343 g/mol. The fraction of sp³-hybridized carbons (Fsp3) is 0.611. The van der Waals surface area contributed by atoms with E-state index in [4.69, 9.17) is 0 Å². The van der Waals surface area contributed by atoms with Gasteiger partial charge in [-0.3, -0.25) is 4.79 Å². The number of nitrogens with one attached hydrogen (secondary N) is 1. The van der Waals surface area contributed by atoms with E-state index in [2.05, 4.69) is 12.2 Å². The molecule has 1 aliphatic heterocycles. The van der Waals surface area contributed by atoms with Crippen LogP contribution in [0.1, 0.15) is 45.4 Å². The molecule has 25 heavy (non-hydrogen) atoms. The Hall–Kier alpha value is -1.47. The second kappa shape index (κ2) is 7.41. The highest BCUT2D eigenvalue weighted by molar-refractivity contribution is 7.89. The maximum absolute atomic E-state index is 13.1. The Balaban J connectivity index is 1.71. The van der Waals surface area contributed by atoms with E-state index < -0.39 is 21.9 Å². The molecule has 1 aromatic rings. The molecule has 5 nitrogen and oxygen atoms in total. The number of hydrogen-bond acceptors (Lipinski definition) is 3. The van der Waals surface area contributed by atoms with Gasteiger partial charge in [0.1, 0.15) is 11.9 Å². The third-order valence-electron chi connectivity index (χ3n) is 5.29. The van der Waals surface area contributed by atoms with Gasteiger partial charge in [0.15, 0.2) is 0 Å². The molecule has 1 atom stereocenters. The van der Waals surface area contributed by atoms with Crippen LogP contribution >= 0.6 is 0 Å². The molecule has 1 aromatic carbocycles. The molecule has 1 saturated carbocycles. The van der Waals surface area contributed by atoms with E-state index in [-0.39, 0.29) is 16.8 Å². The van der Waals surface area contributed by atoms with Crippen LogP contribution in [0.15, 0.2) is 29.2 Å². The first-order valence-electron chi connectivity index (χ1n) is 8.95. The quantitative estimate of drug-likeness (QED) is 0.889. The molecule has 1 amide bonds. The SMILES string of the molecule is CC1CCC(NC(=O)C2CCCN2S(=O)(=O)c2ccc(F)cc2)CC1. The van der Waals surface area contributed by atoms with Crippen LogP contribution in [0.5, 0.6) is 0 Å². The summed E-state index contributed by atoms with van der Waals surface area (Å²) in [7, 11) is -3.79. The van der Waals surface area contributed by atoms with Crippen molar-refractivity contribution in [2.45, 2.75) is 62.4 Å². The molecule has 2 aliphatic rings. The molecular formula is C18H25FN2O3S. The zero-order valence-corrected chi connectivity index (χ0v) is 15.3. The normalized spacial score (nSPS) is 28.0. The standard InChI is InChI=1S/C18H25FN2O3S/c1-13-4-8-15(9-5-13)20-18(22)17-3-2-12-21(17)25(23,24)16-10-6-14(19)7-11-16/h6-7,10-11,13,15,17H,2-5,8-9,12H2,1H3,(H,20,22). The molecule has 0 spiro atoms. The lowest BCUT2D eigenvalue weighted by molar-refractivity contribution is -0.125. The molecule has 1 unspecified atom stereocenters. The highest BCUT2D eigenvalue weighted by Crippen LogP contribution is 2.28. The first-order chi connectivity index (χ1) is 11.9. The summed E-state index contributed by atoms with van der Waals surface area (Å²) < 4.78 is 40.0. The molecule has 1 aliphatic carbocycles. The van der Waals surface area contributed by atoms with Crippen LogP contribution in [0.4, 0.5) is 4.39 Å². The number of nitrogens with zero attached hydrogens (tertiary/aromatic N) is 1. The van der Waals surface area contributed by atoms with E-state index in [1.807, 2.05) is 0 Å². The molecule has 7 heteroatoms. The van der Waals surface area contributed by atoms with Gasteiger partial charge >= 0.3 is 0 Å². The number of hydrogen-bond donors (Lipinski definition) is 1.